The van der Waals surface area contributed by atoms with Crippen LogP contribution in [0.5, 0.6) is 0 Å². The van der Waals surface area contributed by atoms with Crippen molar-refractivity contribution in [3.8, 4) is 0 Å². The molecular weight excluding hydrogens is 154 g/mol. The summed E-state index contributed by atoms with van der Waals surface area (Å²) in [6.45, 7) is 5.65. The van der Waals surface area contributed by atoms with Crippen molar-refractivity contribution in [1.29, 1.82) is 0 Å². The molecule has 0 aliphatic carbocycles. The molecule has 1 nitrogen and oxygen atoms in total. The molecule has 0 radical (unpaired) electrons. The van der Waals surface area contributed by atoms with Crippen molar-refractivity contribution in [2.45, 2.75) is 25.8 Å². The summed E-state index contributed by atoms with van der Waals surface area (Å²) in [5, 5.41) is 5.68. The first-order valence-corrected chi connectivity index (χ1v) is 4.97. The van der Waals surface area contributed by atoms with Crippen molar-refractivity contribution < 1.29 is 0 Å². The van der Waals surface area contributed by atoms with E-state index in [2.05, 4.69) is 30.6 Å². The number of fused-ring (bicyclic) bond motifs is 1. The van der Waals surface area contributed by atoms with E-state index in [0.29, 0.717) is 12.0 Å². The second-order valence-corrected chi connectivity index (χ2v) is 4.22. The Hall–Kier alpha value is -0.340. The monoisotopic (exact) mass is 167 g/mol. The first kappa shape index (κ1) is 7.32. The first-order valence-electron chi connectivity index (χ1n) is 4.09. The van der Waals surface area contributed by atoms with Crippen LogP contribution >= 0.6 is 11.3 Å². The van der Waals surface area contributed by atoms with Gasteiger partial charge in [-0.05, 0) is 29.9 Å². The van der Waals surface area contributed by atoms with Crippen LogP contribution in [0.3, 0.4) is 0 Å². The maximum atomic E-state index is 3.48. The molecule has 0 saturated carbocycles. The highest BCUT2D eigenvalue weighted by molar-refractivity contribution is 7.10. The largest absolute Gasteiger partial charge is 0.309 e. The molecule has 2 rings (SSSR count). The SMILES string of the molecule is C[C@H]1CN[C@H](C)c2sccc21. The van der Waals surface area contributed by atoms with Gasteiger partial charge >= 0.3 is 0 Å². The maximum absolute atomic E-state index is 3.48. The van der Waals surface area contributed by atoms with Crippen LogP contribution < -0.4 is 5.32 Å². The zero-order valence-electron chi connectivity index (χ0n) is 6.92. The number of thiophene rings is 1. The average molecular weight is 167 g/mol. The van der Waals surface area contributed by atoms with Crippen LogP contribution in [0.25, 0.3) is 0 Å². The van der Waals surface area contributed by atoms with E-state index in [1.807, 2.05) is 11.3 Å². The van der Waals surface area contributed by atoms with E-state index in [1.165, 1.54) is 4.88 Å². The predicted octanol–water partition coefficient (Wildman–Crippen LogP) is 2.52. The van der Waals surface area contributed by atoms with Crippen LogP contribution in [-0.2, 0) is 0 Å². The molecule has 1 aliphatic heterocycles. The van der Waals surface area contributed by atoms with Crippen LogP contribution in [0.15, 0.2) is 11.4 Å². The van der Waals surface area contributed by atoms with Gasteiger partial charge in [-0.1, -0.05) is 6.92 Å². The first-order chi connectivity index (χ1) is 5.29. The van der Waals surface area contributed by atoms with Crippen molar-refractivity contribution >= 4 is 11.3 Å². The molecule has 0 aromatic carbocycles. The zero-order chi connectivity index (χ0) is 7.84. The number of hydrogen-bond acceptors (Lipinski definition) is 2. The fourth-order valence-electron chi connectivity index (χ4n) is 1.65. The summed E-state index contributed by atoms with van der Waals surface area (Å²) >= 11 is 1.87. The molecule has 0 bridgehead atoms. The quantitative estimate of drug-likeness (QED) is 0.626. The fraction of sp³-hybridized carbons (Fsp3) is 0.556. The Bertz CT molecular complexity index is 229. The summed E-state index contributed by atoms with van der Waals surface area (Å²) < 4.78 is 0. The second-order valence-electron chi connectivity index (χ2n) is 3.27. The lowest BCUT2D eigenvalue weighted by atomic mass is 9.95. The summed E-state index contributed by atoms with van der Waals surface area (Å²) in [4.78, 5) is 1.53. The molecule has 1 aromatic rings. The molecule has 0 unspecified atom stereocenters. The lowest BCUT2D eigenvalue weighted by molar-refractivity contribution is 0.504. The van der Waals surface area contributed by atoms with E-state index >= 15 is 0 Å². The highest BCUT2D eigenvalue weighted by Crippen LogP contribution is 2.33. The van der Waals surface area contributed by atoms with E-state index in [-0.39, 0.29) is 0 Å². The molecule has 1 N–H and O–H groups in total. The Kier molecular flexibility index (Phi) is 1.74. The molecule has 2 heteroatoms. The Morgan fingerprint density at radius 2 is 2.36 bits per heavy atom. The van der Waals surface area contributed by atoms with Gasteiger partial charge < -0.3 is 5.32 Å². The van der Waals surface area contributed by atoms with Crippen LogP contribution in [0.4, 0.5) is 0 Å². The van der Waals surface area contributed by atoms with Gasteiger partial charge in [0.25, 0.3) is 0 Å². The number of hydrogen-bond donors (Lipinski definition) is 1. The Morgan fingerprint density at radius 3 is 3.09 bits per heavy atom. The molecule has 2 heterocycles. The third-order valence-electron chi connectivity index (χ3n) is 2.38. The molecule has 0 amide bonds. The van der Waals surface area contributed by atoms with Crippen molar-refractivity contribution in [3.63, 3.8) is 0 Å². The standard InChI is InChI=1S/C9H13NS/c1-6-5-10-7(2)9-8(6)3-4-11-9/h3-4,6-7,10H,5H2,1-2H3/t6-,7+/m0/s1. The van der Waals surface area contributed by atoms with Crippen LogP contribution in [0.1, 0.15) is 36.2 Å². The maximum Gasteiger partial charge on any atom is 0.0389 e. The van der Waals surface area contributed by atoms with Crippen LogP contribution in [-0.4, -0.2) is 6.54 Å². The van der Waals surface area contributed by atoms with Crippen molar-refractivity contribution in [2.75, 3.05) is 6.54 Å². The summed E-state index contributed by atoms with van der Waals surface area (Å²) in [7, 11) is 0. The third-order valence-corrected chi connectivity index (χ3v) is 3.50. The van der Waals surface area contributed by atoms with Gasteiger partial charge in [-0.3, -0.25) is 0 Å². The molecule has 0 saturated heterocycles. The van der Waals surface area contributed by atoms with Crippen molar-refractivity contribution in [2.24, 2.45) is 0 Å². The lowest BCUT2D eigenvalue weighted by Gasteiger charge is -2.25. The molecule has 2 atom stereocenters. The minimum Gasteiger partial charge on any atom is -0.309 e. The molecular formula is C9H13NS. The topological polar surface area (TPSA) is 12.0 Å². The van der Waals surface area contributed by atoms with Crippen molar-refractivity contribution in [3.05, 3.63) is 21.9 Å². The average Bonchev–Trinajstić information content (AvgIpc) is 2.45. The van der Waals surface area contributed by atoms with Gasteiger partial charge in [0.1, 0.15) is 0 Å². The molecule has 1 aromatic heterocycles. The predicted molar refractivity (Wildman–Crippen MR) is 49.2 cm³/mol. The highest BCUT2D eigenvalue weighted by Gasteiger charge is 2.21. The smallest absolute Gasteiger partial charge is 0.0389 e. The number of rotatable bonds is 0. The van der Waals surface area contributed by atoms with Gasteiger partial charge in [0.15, 0.2) is 0 Å². The zero-order valence-corrected chi connectivity index (χ0v) is 7.74. The van der Waals surface area contributed by atoms with Gasteiger partial charge in [-0.25, -0.2) is 0 Å². The van der Waals surface area contributed by atoms with Crippen LogP contribution in [0, 0.1) is 0 Å². The summed E-state index contributed by atoms with van der Waals surface area (Å²) in [5.74, 6) is 0.701. The molecule has 0 fully saturated rings. The minimum atomic E-state index is 0.571. The Balaban J connectivity index is 2.43. The van der Waals surface area contributed by atoms with Gasteiger partial charge in [0.2, 0.25) is 0 Å². The van der Waals surface area contributed by atoms with Gasteiger partial charge in [0.05, 0.1) is 0 Å². The Morgan fingerprint density at radius 1 is 1.55 bits per heavy atom. The molecule has 60 valence electrons. The highest BCUT2D eigenvalue weighted by atomic mass is 32.1. The van der Waals surface area contributed by atoms with Gasteiger partial charge in [0, 0.05) is 17.5 Å². The van der Waals surface area contributed by atoms with E-state index in [0.717, 1.165) is 6.54 Å². The van der Waals surface area contributed by atoms with Crippen LogP contribution in [0.2, 0.25) is 0 Å². The summed E-state index contributed by atoms with van der Waals surface area (Å²) in [6.07, 6.45) is 0. The summed E-state index contributed by atoms with van der Waals surface area (Å²) in [6, 6.07) is 2.84. The minimum absolute atomic E-state index is 0.571. The van der Waals surface area contributed by atoms with Gasteiger partial charge in [-0.15, -0.1) is 11.3 Å². The third kappa shape index (κ3) is 1.10. The molecule has 11 heavy (non-hydrogen) atoms. The molecule has 0 spiro atoms. The second kappa shape index (κ2) is 2.61. The van der Waals surface area contributed by atoms with E-state index in [1.54, 1.807) is 5.56 Å². The van der Waals surface area contributed by atoms with Crippen molar-refractivity contribution in [1.82, 2.24) is 5.32 Å². The number of nitrogens with one attached hydrogen (secondary N) is 1. The Labute approximate surface area is 71.4 Å². The van der Waals surface area contributed by atoms with Gasteiger partial charge in [-0.2, -0.15) is 0 Å². The normalized spacial score (nSPS) is 30.0. The van der Waals surface area contributed by atoms with E-state index < -0.39 is 0 Å². The fourth-order valence-corrected chi connectivity index (χ4v) is 2.70. The lowest BCUT2D eigenvalue weighted by Crippen LogP contribution is -2.28. The summed E-state index contributed by atoms with van der Waals surface area (Å²) in [5.41, 5.74) is 1.56. The van der Waals surface area contributed by atoms with E-state index in [4.69, 9.17) is 0 Å². The van der Waals surface area contributed by atoms with E-state index in [9.17, 15) is 0 Å². The molecule has 1 aliphatic rings.